The normalized spacial score (nSPS) is 29.8. The number of phenolic OH excluding ortho intramolecular Hbond substituents is 1. The van der Waals surface area contributed by atoms with Gasteiger partial charge in [0.05, 0.1) is 25.4 Å². The quantitative estimate of drug-likeness (QED) is 0.228. The third-order valence-electron chi connectivity index (χ3n) is 12.6. The summed E-state index contributed by atoms with van der Waals surface area (Å²) in [4.78, 5) is 18.7. The topological polar surface area (TPSA) is 121 Å². The second-order valence-electron chi connectivity index (χ2n) is 15.9. The molecule has 3 saturated heterocycles. The first-order chi connectivity index (χ1) is 25.6. The van der Waals surface area contributed by atoms with E-state index in [9.17, 15) is 14.4 Å². The van der Waals surface area contributed by atoms with E-state index >= 15 is 8.78 Å². The van der Waals surface area contributed by atoms with Crippen LogP contribution >= 0.6 is 0 Å². The van der Waals surface area contributed by atoms with Gasteiger partial charge in [0.2, 0.25) is 5.88 Å². The average molecular weight is 744 g/mol. The zero-order valence-corrected chi connectivity index (χ0v) is 30.6. The van der Waals surface area contributed by atoms with Crippen LogP contribution in [0.5, 0.6) is 17.6 Å². The summed E-state index contributed by atoms with van der Waals surface area (Å²) in [6, 6.07) is 6.30. The van der Waals surface area contributed by atoms with Gasteiger partial charge in [0.1, 0.15) is 34.0 Å². The number of pyridine rings is 1. The molecular formula is C40H43F2N5O5S. The average Bonchev–Trinajstić information content (AvgIpc) is 3.56. The number of halogens is 2. The van der Waals surface area contributed by atoms with Gasteiger partial charge in [-0.1, -0.05) is 18.4 Å². The van der Waals surface area contributed by atoms with Crippen LogP contribution in [-0.2, 0) is 10.8 Å². The number of ether oxygens (including phenoxy) is 2. The Morgan fingerprint density at radius 3 is 2.62 bits per heavy atom. The van der Waals surface area contributed by atoms with E-state index in [1.807, 2.05) is 4.90 Å². The minimum absolute atomic E-state index is 0.0125. The molecule has 3 unspecified atom stereocenters. The molecule has 5 fully saturated rings. The maximum atomic E-state index is 17.2. The fraction of sp³-hybridized carbons (Fsp3) is 0.525. The van der Waals surface area contributed by atoms with Gasteiger partial charge in [-0.15, -0.1) is 6.42 Å². The molecule has 2 aromatic carbocycles. The number of aromatic hydroxyl groups is 1. The summed E-state index contributed by atoms with van der Waals surface area (Å²) in [5.41, 5.74) is -0.148. The van der Waals surface area contributed by atoms with Crippen LogP contribution in [0.3, 0.4) is 0 Å². The van der Waals surface area contributed by atoms with Gasteiger partial charge in [0, 0.05) is 63.8 Å². The van der Waals surface area contributed by atoms with Crippen molar-refractivity contribution in [1.82, 2.24) is 19.9 Å². The maximum Gasteiger partial charge on any atom is 0.319 e. The number of phenols is 1. The molecule has 10 nitrogen and oxygen atoms in total. The van der Waals surface area contributed by atoms with Gasteiger partial charge in [-0.25, -0.2) is 13.8 Å². The molecule has 1 spiro atoms. The van der Waals surface area contributed by atoms with E-state index in [0.717, 1.165) is 63.0 Å². The summed E-state index contributed by atoms with van der Waals surface area (Å²) in [5, 5.41) is 22.2. The van der Waals surface area contributed by atoms with Crippen LogP contribution in [0.2, 0.25) is 0 Å². The van der Waals surface area contributed by atoms with E-state index in [1.165, 1.54) is 31.4 Å². The number of anilines is 1. The molecule has 0 amide bonds. The molecule has 0 bridgehead atoms. The van der Waals surface area contributed by atoms with Crippen molar-refractivity contribution in [3.63, 3.8) is 0 Å². The highest BCUT2D eigenvalue weighted by atomic mass is 32.2. The first-order valence-corrected chi connectivity index (χ1v) is 20.1. The lowest BCUT2D eigenvalue weighted by Gasteiger charge is -2.60. The van der Waals surface area contributed by atoms with Crippen molar-refractivity contribution in [2.45, 2.75) is 76.0 Å². The second kappa shape index (κ2) is 13.0. The first kappa shape index (κ1) is 34.6. The number of hydrogen-bond donors (Lipinski definition) is 2. The van der Waals surface area contributed by atoms with Crippen LogP contribution in [0.15, 0.2) is 24.3 Å². The Hall–Kier alpha value is -4.12. The molecule has 2 N–H and O–H groups in total. The van der Waals surface area contributed by atoms with E-state index in [2.05, 4.69) is 15.8 Å². The van der Waals surface area contributed by atoms with E-state index in [1.54, 1.807) is 0 Å². The number of β-amino-alcohol motifs (C(OH)–C–C–N with tert-alkyl or cyclic N) is 1. The van der Waals surface area contributed by atoms with E-state index in [4.69, 9.17) is 25.9 Å². The van der Waals surface area contributed by atoms with Crippen LogP contribution < -0.4 is 14.4 Å². The van der Waals surface area contributed by atoms with Crippen LogP contribution in [0.25, 0.3) is 32.9 Å². The molecule has 5 heterocycles. The molecule has 2 aliphatic carbocycles. The number of rotatable bonds is 7. The third kappa shape index (κ3) is 5.71. The molecule has 53 heavy (non-hydrogen) atoms. The molecule has 2 aromatic heterocycles. The van der Waals surface area contributed by atoms with Gasteiger partial charge < -0.3 is 24.6 Å². The lowest BCUT2D eigenvalue weighted by Crippen LogP contribution is -2.65. The zero-order valence-electron chi connectivity index (χ0n) is 29.7. The Labute approximate surface area is 309 Å². The third-order valence-corrected chi connectivity index (χ3v) is 14.5. The largest absolute Gasteiger partial charge is 0.508 e. The number of fused-ring (bicyclic) bond motifs is 3. The molecule has 13 heteroatoms. The highest BCUT2D eigenvalue weighted by Crippen LogP contribution is 2.55. The smallest absolute Gasteiger partial charge is 0.319 e. The summed E-state index contributed by atoms with van der Waals surface area (Å²) in [6.45, 7) is 2.27. The Morgan fingerprint density at radius 1 is 1.06 bits per heavy atom. The molecule has 2 saturated carbocycles. The predicted molar refractivity (Wildman–Crippen MR) is 199 cm³/mol. The minimum atomic E-state index is -0.831. The van der Waals surface area contributed by atoms with Crippen molar-refractivity contribution >= 4 is 38.3 Å². The van der Waals surface area contributed by atoms with E-state index < -0.39 is 28.5 Å². The highest BCUT2D eigenvalue weighted by molar-refractivity contribution is 7.86. The Kier molecular flexibility index (Phi) is 8.51. The molecule has 5 aliphatic rings. The SMILES string of the molecule is C#Cc1c(F)ccc2cc(O)cc(-c3nc(OC)c4c(N5CCCC(O)C5)nc(OCC56CCCC5N(C5CC7(C5)CS(=O)C7)CCC6)nc4c3F)c12. The number of likely N-dealkylation sites (tertiary alicyclic amines) is 1. The van der Waals surface area contributed by atoms with Crippen LogP contribution in [-0.4, -0.2) is 97.3 Å². The Bertz CT molecular complexity index is 2200. The van der Waals surface area contributed by atoms with E-state index in [-0.39, 0.29) is 68.1 Å². The number of hydrogen-bond acceptors (Lipinski definition) is 10. The number of aliphatic hydroxyl groups excluding tert-OH is 1. The fourth-order valence-corrected chi connectivity index (χ4v) is 12.0. The number of nitrogens with zero attached hydrogens (tertiary/aromatic N) is 5. The highest BCUT2D eigenvalue weighted by Gasteiger charge is 2.58. The van der Waals surface area contributed by atoms with Crippen molar-refractivity contribution in [2.24, 2.45) is 10.8 Å². The molecule has 3 aliphatic heterocycles. The number of methoxy groups -OCH3 is 1. The minimum Gasteiger partial charge on any atom is -0.508 e. The van der Waals surface area contributed by atoms with Gasteiger partial charge in [-0.3, -0.25) is 9.11 Å². The maximum absolute atomic E-state index is 17.2. The molecule has 0 radical (unpaired) electrons. The monoisotopic (exact) mass is 743 g/mol. The van der Waals surface area contributed by atoms with Crippen molar-refractivity contribution in [1.29, 1.82) is 0 Å². The van der Waals surface area contributed by atoms with Crippen molar-refractivity contribution < 1.29 is 32.7 Å². The van der Waals surface area contributed by atoms with Crippen LogP contribution in [0.4, 0.5) is 14.6 Å². The Balaban J connectivity index is 1.13. The van der Waals surface area contributed by atoms with Gasteiger partial charge in [0.15, 0.2) is 5.82 Å². The summed E-state index contributed by atoms with van der Waals surface area (Å²) in [6.07, 6.45) is 14.0. The van der Waals surface area contributed by atoms with Crippen molar-refractivity contribution in [3.8, 4) is 41.2 Å². The number of terminal acetylenes is 1. The predicted octanol–water partition coefficient (Wildman–Crippen LogP) is 5.70. The van der Waals surface area contributed by atoms with Crippen LogP contribution in [0, 0.1) is 34.8 Å². The van der Waals surface area contributed by atoms with Gasteiger partial charge in [0.25, 0.3) is 0 Å². The molecule has 4 aromatic rings. The number of aromatic nitrogens is 3. The van der Waals surface area contributed by atoms with E-state index in [0.29, 0.717) is 49.3 Å². The summed E-state index contributed by atoms with van der Waals surface area (Å²) < 4.78 is 56.5. The fourth-order valence-electron chi connectivity index (χ4n) is 10.3. The lowest BCUT2D eigenvalue weighted by atomic mass is 9.64. The first-order valence-electron chi connectivity index (χ1n) is 18.6. The lowest BCUT2D eigenvalue weighted by molar-refractivity contribution is -0.0719. The summed E-state index contributed by atoms with van der Waals surface area (Å²) >= 11 is 0. The number of benzene rings is 2. The molecule has 278 valence electrons. The standard InChI is InChI=1S/C40H43F2N5O5S/c1-3-27-29(41)10-9-23-15-26(49)16-28(31(23)27)34-33(42)35-32(37(43-34)51-2)36(46-13-5-7-25(48)19-46)45-38(44-35)52-20-40-11-4-8-30(40)47(14-6-12-40)24-17-39(18-24)21-53(50)22-39/h1,9-10,15-16,24-25,30,48-49H,4-8,11-14,17-22H2,2H3. The number of aliphatic hydroxyl groups is 1. The molecular weight excluding hydrogens is 701 g/mol. The summed E-state index contributed by atoms with van der Waals surface area (Å²) in [5.74, 6) is 2.77. The van der Waals surface area contributed by atoms with Crippen molar-refractivity contribution in [3.05, 3.63) is 41.5 Å². The number of piperidine rings is 2. The van der Waals surface area contributed by atoms with Crippen molar-refractivity contribution in [2.75, 3.05) is 49.8 Å². The second-order valence-corrected chi connectivity index (χ2v) is 17.4. The van der Waals surface area contributed by atoms with Gasteiger partial charge in [-0.05, 0) is 86.9 Å². The molecule has 3 atom stereocenters. The van der Waals surface area contributed by atoms with Gasteiger partial charge in [-0.2, -0.15) is 9.97 Å². The summed E-state index contributed by atoms with van der Waals surface area (Å²) in [7, 11) is 0.762. The van der Waals surface area contributed by atoms with Gasteiger partial charge >= 0.3 is 6.01 Å². The molecule has 9 rings (SSSR count). The zero-order chi connectivity index (χ0) is 36.6. The van der Waals surface area contributed by atoms with Crippen LogP contribution in [0.1, 0.15) is 63.4 Å². The Morgan fingerprint density at radius 2 is 1.87 bits per heavy atom.